The van der Waals surface area contributed by atoms with Crippen molar-refractivity contribution in [3.05, 3.63) is 83.4 Å². The van der Waals surface area contributed by atoms with Crippen LogP contribution in [0.3, 0.4) is 0 Å². The molecule has 2 unspecified atom stereocenters. The van der Waals surface area contributed by atoms with Crippen LogP contribution < -0.4 is 5.32 Å². The van der Waals surface area contributed by atoms with Crippen LogP contribution in [0.1, 0.15) is 39.3 Å². The van der Waals surface area contributed by atoms with E-state index < -0.39 is 23.7 Å². The molecule has 0 amide bonds. The fourth-order valence-electron chi connectivity index (χ4n) is 3.49. The van der Waals surface area contributed by atoms with Gasteiger partial charge >= 0.3 is 6.18 Å². The number of carbonyl (C=O) groups excluding carboxylic acids is 1. The molecule has 7 heteroatoms. The molecule has 1 aliphatic rings. The number of nitrogens with zero attached hydrogens (tertiary/aromatic N) is 2. The Balaban J connectivity index is 1.81. The third-order valence-corrected chi connectivity index (χ3v) is 4.85. The minimum atomic E-state index is -4.40. The number of rotatable bonds is 2. The normalized spacial score (nSPS) is 19.5. The van der Waals surface area contributed by atoms with E-state index in [1.165, 1.54) is 12.1 Å². The van der Waals surface area contributed by atoms with Gasteiger partial charge in [0.25, 0.3) is 0 Å². The summed E-state index contributed by atoms with van der Waals surface area (Å²) in [5.41, 5.74) is 1.09. The first kappa shape index (κ1) is 17.3. The summed E-state index contributed by atoms with van der Waals surface area (Å²) in [5.74, 6) is -0.188. The van der Waals surface area contributed by atoms with Crippen molar-refractivity contribution in [1.82, 2.24) is 9.55 Å². The van der Waals surface area contributed by atoms with Crippen LogP contribution >= 0.6 is 0 Å². The fraction of sp³-hybridized carbons (Fsp3) is 0.200. The van der Waals surface area contributed by atoms with Crippen molar-refractivity contribution in [2.75, 3.05) is 5.32 Å². The number of ketones is 1. The Morgan fingerprint density at radius 1 is 1.07 bits per heavy atom. The second-order valence-corrected chi connectivity index (χ2v) is 6.53. The summed E-state index contributed by atoms with van der Waals surface area (Å²) in [7, 11) is 1.79. The van der Waals surface area contributed by atoms with Crippen molar-refractivity contribution < 1.29 is 18.0 Å². The molecule has 138 valence electrons. The Morgan fingerprint density at radius 3 is 2.41 bits per heavy atom. The lowest BCUT2D eigenvalue weighted by atomic mass is 9.81. The highest BCUT2D eigenvalue weighted by Crippen LogP contribution is 2.42. The van der Waals surface area contributed by atoms with E-state index in [1.807, 2.05) is 6.07 Å². The van der Waals surface area contributed by atoms with E-state index in [2.05, 4.69) is 10.3 Å². The Hall–Kier alpha value is -3.09. The molecule has 0 fully saturated rings. The van der Waals surface area contributed by atoms with Crippen LogP contribution in [0.15, 0.2) is 60.9 Å². The molecule has 0 saturated carbocycles. The minimum absolute atomic E-state index is 0.108. The summed E-state index contributed by atoms with van der Waals surface area (Å²) in [6.45, 7) is 0. The van der Waals surface area contributed by atoms with Crippen molar-refractivity contribution in [3.8, 4) is 0 Å². The number of hydrogen-bond donors (Lipinski definition) is 1. The molecular weight excluding hydrogens is 355 g/mol. The number of Topliss-reactive ketones (excluding diaryl/α,β-unsaturated/α-hetero) is 1. The summed E-state index contributed by atoms with van der Waals surface area (Å²) in [5, 5.41) is 3.31. The van der Waals surface area contributed by atoms with Gasteiger partial charge in [0.1, 0.15) is 11.7 Å². The minimum Gasteiger partial charge on any atom is -0.376 e. The number of nitrogens with one attached hydrogen (secondary N) is 1. The van der Waals surface area contributed by atoms with Crippen molar-refractivity contribution in [1.29, 1.82) is 0 Å². The number of anilines is 1. The summed E-state index contributed by atoms with van der Waals surface area (Å²) >= 11 is 0. The van der Waals surface area contributed by atoms with Crippen molar-refractivity contribution in [2.45, 2.75) is 18.1 Å². The summed E-state index contributed by atoms with van der Waals surface area (Å²) in [6.07, 6.45) is -1.06. The van der Waals surface area contributed by atoms with E-state index in [1.54, 1.807) is 42.2 Å². The number of carbonyl (C=O) groups is 1. The van der Waals surface area contributed by atoms with E-state index in [0.717, 1.165) is 12.1 Å². The van der Waals surface area contributed by atoms with Gasteiger partial charge in [-0.05, 0) is 29.8 Å². The molecule has 0 spiro atoms. The molecule has 0 radical (unpaired) electrons. The molecule has 3 aromatic rings. The number of aryl methyl sites for hydroxylation is 1. The van der Waals surface area contributed by atoms with Crippen LogP contribution in [0, 0.1) is 0 Å². The standard InChI is InChI=1S/C20H16F3N3O/c1-26-11-10-24-19(26)16-17(12-6-8-13(9-7-12)20(21,22)23)25-15-5-3-2-4-14(15)18(16)27/h2-11,16-17,25H,1H3. The Bertz CT molecular complexity index is 992. The summed E-state index contributed by atoms with van der Waals surface area (Å²) in [6, 6.07) is 11.5. The number of benzene rings is 2. The van der Waals surface area contributed by atoms with Gasteiger partial charge in [-0.1, -0.05) is 24.3 Å². The highest BCUT2D eigenvalue weighted by atomic mass is 19.4. The molecule has 2 atom stereocenters. The number of hydrogen-bond acceptors (Lipinski definition) is 3. The third kappa shape index (κ3) is 2.99. The van der Waals surface area contributed by atoms with Gasteiger partial charge in [0.15, 0.2) is 5.78 Å². The number of alkyl halides is 3. The van der Waals surface area contributed by atoms with Gasteiger partial charge in [0.2, 0.25) is 0 Å². The zero-order chi connectivity index (χ0) is 19.2. The zero-order valence-corrected chi connectivity index (χ0v) is 14.4. The average Bonchev–Trinajstić information content (AvgIpc) is 3.06. The fourth-order valence-corrected chi connectivity index (χ4v) is 3.49. The number of aromatic nitrogens is 2. The first-order valence-electron chi connectivity index (χ1n) is 8.40. The molecule has 4 rings (SSSR count). The highest BCUT2D eigenvalue weighted by molar-refractivity contribution is 6.07. The van der Waals surface area contributed by atoms with Crippen LogP contribution in [0.2, 0.25) is 0 Å². The van der Waals surface area contributed by atoms with Crippen LogP contribution in [-0.4, -0.2) is 15.3 Å². The monoisotopic (exact) mass is 371 g/mol. The lowest BCUT2D eigenvalue weighted by Gasteiger charge is -2.33. The second-order valence-electron chi connectivity index (χ2n) is 6.53. The lowest BCUT2D eigenvalue weighted by Crippen LogP contribution is -2.33. The highest BCUT2D eigenvalue weighted by Gasteiger charge is 2.40. The number of fused-ring (bicyclic) bond motifs is 1. The zero-order valence-electron chi connectivity index (χ0n) is 14.4. The first-order chi connectivity index (χ1) is 12.9. The predicted octanol–water partition coefficient (Wildman–Crippen LogP) is 4.57. The van der Waals surface area contributed by atoms with Gasteiger partial charge in [-0.15, -0.1) is 0 Å². The Labute approximate surface area is 153 Å². The van der Waals surface area contributed by atoms with Crippen molar-refractivity contribution in [2.24, 2.45) is 7.05 Å². The smallest absolute Gasteiger partial charge is 0.376 e. The van der Waals surface area contributed by atoms with Gasteiger partial charge in [-0.2, -0.15) is 13.2 Å². The molecule has 27 heavy (non-hydrogen) atoms. The van der Waals surface area contributed by atoms with E-state index >= 15 is 0 Å². The topological polar surface area (TPSA) is 46.9 Å². The van der Waals surface area contributed by atoms with E-state index in [4.69, 9.17) is 0 Å². The number of halogens is 3. The molecule has 1 aromatic heterocycles. The van der Waals surface area contributed by atoms with Gasteiger partial charge in [0.05, 0.1) is 11.6 Å². The van der Waals surface area contributed by atoms with Crippen molar-refractivity contribution >= 4 is 11.5 Å². The van der Waals surface area contributed by atoms with Gasteiger partial charge in [-0.3, -0.25) is 4.79 Å². The second kappa shape index (κ2) is 6.26. The third-order valence-electron chi connectivity index (χ3n) is 4.85. The number of para-hydroxylation sites is 1. The van der Waals surface area contributed by atoms with Crippen LogP contribution in [0.5, 0.6) is 0 Å². The van der Waals surface area contributed by atoms with Crippen LogP contribution in [0.4, 0.5) is 18.9 Å². The molecule has 1 N–H and O–H groups in total. The maximum atomic E-state index is 13.2. The SMILES string of the molecule is Cn1ccnc1C1C(=O)c2ccccc2NC1c1ccc(C(F)(F)F)cc1. The van der Waals surface area contributed by atoms with Crippen LogP contribution in [0.25, 0.3) is 0 Å². The maximum Gasteiger partial charge on any atom is 0.416 e. The summed E-state index contributed by atoms with van der Waals surface area (Å²) in [4.78, 5) is 17.5. The van der Waals surface area contributed by atoms with Gasteiger partial charge in [0, 0.05) is 30.7 Å². The lowest BCUT2D eigenvalue weighted by molar-refractivity contribution is -0.137. The van der Waals surface area contributed by atoms with Gasteiger partial charge < -0.3 is 9.88 Å². The van der Waals surface area contributed by atoms with E-state index in [9.17, 15) is 18.0 Å². The molecule has 0 saturated heterocycles. The number of imidazole rings is 1. The summed E-state index contributed by atoms with van der Waals surface area (Å²) < 4.78 is 40.4. The van der Waals surface area contributed by atoms with Gasteiger partial charge in [-0.25, -0.2) is 4.98 Å². The maximum absolute atomic E-state index is 13.2. The average molecular weight is 371 g/mol. The molecule has 2 heterocycles. The van der Waals surface area contributed by atoms with E-state index in [0.29, 0.717) is 22.6 Å². The quantitative estimate of drug-likeness (QED) is 0.718. The van der Waals surface area contributed by atoms with Crippen molar-refractivity contribution in [3.63, 3.8) is 0 Å². The molecule has 2 aromatic carbocycles. The van der Waals surface area contributed by atoms with Crippen LogP contribution in [-0.2, 0) is 13.2 Å². The molecule has 0 aliphatic carbocycles. The Kier molecular flexibility index (Phi) is 4.02. The molecule has 0 bridgehead atoms. The molecular formula is C20H16F3N3O. The Morgan fingerprint density at radius 2 is 1.78 bits per heavy atom. The molecule has 4 nitrogen and oxygen atoms in total. The predicted molar refractivity (Wildman–Crippen MR) is 94.5 cm³/mol. The molecule has 1 aliphatic heterocycles. The largest absolute Gasteiger partial charge is 0.416 e. The first-order valence-corrected chi connectivity index (χ1v) is 8.40. The van der Waals surface area contributed by atoms with E-state index in [-0.39, 0.29) is 5.78 Å².